The fraction of sp³-hybridized carbons (Fsp3) is 0.263. The molecular formula is C19H22N2O6. The van der Waals surface area contributed by atoms with Crippen LogP contribution in [0.1, 0.15) is 15.9 Å². The minimum Gasteiger partial charge on any atom is -0.493 e. The number of ether oxygens (including phenoxy) is 5. The van der Waals surface area contributed by atoms with Gasteiger partial charge in [0, 0.05) is 5.56 Å². The van der Waals surface area contributed by atoms with Crippen molar-refractivity contribution in [3.05, 3.63) is 41.5 Å². The SMILES string of the molecule is COc1ccc(C=NNC(=O)c2cc(OC)c(OC)c(OC)c2)cc1OC. The van der Waals surface area contributed by atoms with Crippen molar-refractivity contribution in [3.8, 4) is 28.7 Å². The van der Waals surface area contributed by atoms with Crippen LogP contribution in [0.4, 0.5) is 0 Å². The summed E-state index contributed by atoms with van der Waals surface area (Å²) in [6.07, 6.45) is 1.50. The highest BCUT2D eigenvalue weighted by molar-refractivity contribution is 5.96. The Balaban J connectivity index is 2.17. The van der Waals surface area contributed by atoms with Crippen LogP contribution in [0.5, 0.6) is 28.7 Å². The molecule has 2 rings (SSSR count). The highest BCUT2D eigenvalue weighted by Crippen LogP contribution is 2.38. The lowest BCUT2D eigenvalue weighted by Gasteiger charge is -2.13. The molecule has 0 radical (unpaired) electrons. The van der Waals surface area contributed by atoms with Gasteiger partial charge in [-0.2, -0.15) is 5.10 Å². The monoisotopic (exact) mass is 374 g/mol. The fourth-order valence-corrected chi connectivity index (χ4v) is 2.38. The number of amides is 1. The first-order chi connectivity index (χ1) is 13.1. The van der Waals surface area contributed by atoms with Crippen molar-refractivity contribution in [1.29, 1.82) is 0 Å². The Morgan fingerprint density at radius 2 is 1.41 bits per heavy atom. The second kappa shape index (κ2) is 9.33. The van der Waals surface area contributed by atoms with Crippen LogP contribution in [0.3, 0.4) is 0 Å². The molecule has 0 bridgehead atoms. The summed E-state index contributed by atoms with van der Waals surface area (Å²) in [7, 11) is 7.56. The maximum absolute atomic E-state index is 12.4. The van der Waals surface area contributed by atoms with E-state index in [1.165, 1.54) is 27.5 Å². The Labute approximate surface area is 157 Å². The van der Waals surface area contributed by atoms with Gasteiger partial charge in [0.05, 0.1) is 41.8 Å². The fourth-order valence-electron chi connectivity index (χ4n) is 2.38. The van der Waals surface area contributed by atoms with Gasteiger partial charge in [0.1, 0.15) is 0 Å². The molecule has 0 saturated heterocycles. The van der Waals surface area contributed by atoms with Crippen molar-refractivity contribution in [3.63, 3.8) is 0 Å². The van der Waals surface area contributed by atoms with Gasteiger partial charge in [-0.1, -0.05) is 0 Å². The molecule has 0 aliphatic heterocycles. The largest absolute Gasteiger partial charge is 0.493 e. The van der Waals surface area contributed by atoms with Gasteiger partial charge < -0.3 is 23.7 Å². The van der Waals surface area contributed by atoms with E-state index in [9.17, 15) is 4.79 Å². The molecule has 0 heterocycles. The first-order valence-corrected chi connectivity index (χ1v) is 7.93. The molecule has 2 aromatic rings. The average Bonchev–Trinajstić information content (AvgIpc) is 2.72. The minimum atomic E-state index is -0.425. The molecule has 1 N–H and O–H groups in total. The molecule has 27 heavy (non-hydrogen) atoms. The van der Waals surface area contributed by atoms with Gasteiger partial charge in [-0.3, -0.25) is 4.79 Å². The predicted molar refractivity (Wildman–Crippen MR) is 101 cm³/mol. The molecule has 2 aromatic carbocycles. The maximum atomic E-state index is 12.4. The normalized spacial score (nSPS) is 10.4. The summed E-state index contributed by atoms with van der Waals surface area (Å²) < 4.78 is 26.1. The minimum absolute atomic E-state index is 0.314. The Morgan fingerprint density at radius 3 is 1.93 bits per heavy atom. The number of nitrogens with zero attached hydrogens (tertiary/aromatic N) is 1. The molecule has 1 amide bonds. The van der Waals surface area contributed by atoms with Crippen LogP contribution in [0.2, 0.25) is 0 Å². The molecule has 8 heteroatoms. The Hall–Kier alpha value is -3.42. The van der Waals surface area contributed by atoms with E-state index in [4.69, 9.17) is 23.7 Å². The van der Waals surface area contributed by atoms with Crippen LogP contribution >= 0.6 is 0 Å². The Morgan fingerprint density at radius 1 is 0.815 bits per heavy atom. The number of methoxy groups -OCH3 is 5. The quantitative estimate of drug-likeness (QED) is 0.564. The maximum Gasteiger partial charge on any atom is 0.271 e. The predicted octanol–water partition coefficient (Wildman–Crippen LogP) is 2.49. The van der Waals surface area contributed by atoms with Crippen LogP contribution in [0.25, 0.3) is 0 Å². The number of carbonyl (C=O) groups excluding carboxylic acids is 1. The summed E-state index contributed by atoms with van der Waals surface area (Å²) in [5.41, 5.74) is 3.51. The van der Waals surface area contributed by atoms with E-state index >= 15 is 0 Å². The van der Waals surface area contributed by atoms with Crippen LogP contribution in [-0.2, 0) is 0 Å². The first kappa shape index (κ1) is 19.9. The van der Waals surface area contributed by atoms with Crippen LogP contribution in [0, 0.1) is 0 Å². The number of rotatable bonds is 8. The Kier molecular flexibility index (Phi) is 6.87. The standard InChI is InChI=1S/C19H22N2O6/c1-23-14-7-6-12(8-15(14)24-2)11-20-21-19(22)13-9-16(25-3)18(27-5)17(10-13)26-4/h6-11H,1-5H3,(H,21,22). The third-order valence-corrected chi connectivity index (χ3v) is 3.71. The summed E-state index contributed by atoms with van der Waals surface area (Å²) in [5, 5.41) is 3.97. The molecule has 8 nitrogen and oxygen atoms in total. The lowest BCUT2D eigenvalue weighted by atomic mass is 10.1. The lowest BCUT2D eigenvalue weighted by molar-refractivity contribution is 0.0954. The van der Waals surface area contributed by atoms with Crippen LogP contribution < -0.4 is 29.1 Å². The zero-order valence-electron chi connectivity index (χ0n) is 15.9. The van der Waals surface area contributed by atoms with E-state index in [0.29, 0.717) is 34.3 Å². The summed E-state index contributed by atoms with van der Waals surface area (Å²) in [6.45, 7) is 0. The number of hydrogen-bond donors (Lipinski definition) is 1. The number of carbonyl (C=O) groups is 1. The van der Waals surface area contributed by atoms with E-state index in [0.717, 1.165) is 5.56 Å². The van der Waals surface area contributed by atoms with Gasteiger partial charge in [-0.15, -0.1) is 0 Å². The molecule has 0 saturated carbocycles. The molecular weight excluding hydrogens is 352 g/mol. The first-order valence-electron chi connectivity index (χ1n) is 7.93. The molecule has 0 spiro atoms. The second-order valence-corrected chi connectivity index (χ2v) is 5.23. The topological polar surface area (TPSA) is 87.6 Å². The van der Waals surface area contributed by atoms with Gasteiger partial charge in [-0.25, -0.2) is 5.43 Å². The zero-order chi connectivity index (χ0) is 19.8. The average molecular weight is 374 g/mol. The van der Waals surface area contributed by atoms with Crippen molar-refractivity contribution in [2.75, 3.05) is 35.5 Å². The summed E-state index contributed by atoms with van der Waals surface area (Å²) in [5.74, 6) is 1.92. The van der Waals surface area contributed by atoms with E-state index in [1.54, 1.807) is 44.6 Å². The molecule has 144 valence electrons. The smallest absolute Gasteiger partial charge is 0.271 e. The van der Waals surface area contributed by atoms with Crippen molar-refractivity contribution >= 4 is 12.1 Å². The van der Waals surface area contributed by atoms with E-state index in [1.807, 2.05) is 0 Å². The molecule has 0 unspecified atom stereocenters. The highest BCUT2D eigenvalue weighted by atomic mass is 16.5. The molecule has 0 aliphatic carbocycles. The number of hydrazone groups is 1. The van der Waals surface area contributed by atoms with Gasteiger partial charge in [-0.05, 0) is 35.9 Å². The van der Waals surface area contributed by atoms with Gasteiger partial charge in [0.15, 0.2) is 23.0 Å². The number of benzene rings is 2. The van der Waals surface area contributed by atoms with E-state index in [-0.39, 0.29) is 0 Å². The summed E-state index contributed by atoms with van der Waals surface area (Å²) in [4.78, 5) is 12.4. The Bertz CT molecular complexity index is 810. The van der Waals surface area contributed by atoms with E-state index < -0.39 is 5.91 Å². The van der Waals surface area contributed by atoms with Gasteiger partial charge in [0.25, 0.3) is 5.91 Å². The third-order valence-electron chi connectivity index (χ3n) is 3.71. The van der Waals surface area contributed by atoms with Gasteiger partial charge in [0.2, 0.25) is 5.75 Å². The molecule has 0 fully saturated rings. The van der Waals surface area contributed by atoms with Crippen molar-refractivity contribution in [2.24, 2.45) is 5.10 Å². The molecule has 0 aromatic heterocycles. The lowest BCUT2D eigenvalue weighted by Crippen LogP contribution is -2.18. The number of nitrogens with one attached hydrogen (secondary N) is 1. The highest BCUT2D eigenvalue weighted by Gasteiger charge is 2.16. The third kappa shape index (κ3) is 4.60. The van der Waals surface area contributed by atoms with Crippen LogP contribution in [-0.4, -0.2) is 47.7 Å². The van der Waals surface area contributed by atoms with E-state index in [2.05, 4.69) is 10.5 Å². The van der Waals surface area contributed by atoms with Gasteiger partial charge >= 0.3 is 0 Å². The molecule has 0 atom stereocenters. The zero-order valence-corrected chi connectivity index (χ0v) is 15.9. The summed E-state index contributed by atoms with van der Waals surface area (Å²) >= 11 is 0. The second-order valence-electron chi connectivity index (χ2n) is 5.23. The van der Waals surface area contributed by atoms with Crippen molar-refractivity contribution in [1.82, 2.24) is 5.43 Å². The van der Waals surface area contributed by atoms with Crippen LogP contribution in [0.15, 0.2) is 35.4 Å². The summed E-state index contributed by atoms with van der Waals surface area (Å²) in [6, 6.07) is 8.37. The van der Waals surface area contributed by atoms with Crippen molar-refractivity contribution in [2.45, 2.75) is 0 Å². The number of hydrogen-bond acceptors (Lipinski definition) is 7. The van der Waals surface area contributed by atoms with Crippen molar-refractivity contribution < 1.29 is 28.5 Å². The molecule has 0 aliphatic rings.